The van der Waals surface area contributed by atoms with Crippen molar-refractivity contribution in [3.63, 3.8) is 0 Å². The highest BCUT2D eigenvalue weighted by atomic mass is 16.6. The Morgan fingerprint density at radius 3 is 1.68 bits per heavy atom. The molecular weight excluding hydrogens is 248 g/mol. The quantitative estimate of drug-likeness (QED) is 0.669. The van der Waals surface area contributed by atoms with Crippen molar-refractivity contribution in [1.29, 1.82) is 0 Å². The maximum Gasteiger partial charge on any atom is 0.126 e. The van der Waals surface area contributed by atoms with Crippen molar-refractivity contribution < 1.29 is 23.7 Å². The fourth-order valence-electron chi connectivity index (χ4n) is 1.67. The Kier molecular flexibility index (Phi) is 3.75. The van der Waals surface area contributed by atoms with Crippen LogP contribution in [-0.4, -0.2) is 45.2 Å². The van der Waals surface area contributed by atoms with Crippen LogP contribution in [0.3, 0.4) is 0 Å². The van der Waals surface area contributed by atoms with E-state index in [1.54, 1.807) is 0 Å². The monoisotopic (exact) mass is 266 g/mol. The van der Waals surface area contributed by atoms with E-state index in [9.17, 15) is 0 Å². The molecule has 0 amide bonds. The smallest absolute Gasteiger partial charge is 0.126 e. The second-order valence-corrected chi connectivity index (χ2v) is 4.61. The lowest BCUT2D eigenvalue weighted by atomic mass is 10.3. The zero-order valence-corrected chi connectivity index (χ0v) is 11.0. The van der Waals surface area contributed by atoms with Gasteiger partial charge in [-0.1, -0.05) is 0 Å². The van der Waals surface area contributed by atoms with Crippen LogP contribution in [-0.2, 0) is 9.47 Å². The summed E-state index contributed by atoms with van der Waals surface area (Å²) >= 11 is 0. The zero-order valence-electron chi connectivity index (χ0n) is 11.0. The minimum Gasteiger partial charge on any atom is -0.494 e. The summed E-state index contributed by atoms with van der Waals surface area (Å²) in [6.07, 6.45) is 0.472. The van der Waals surface area contributed by atoms with Gasteiger partial charge in [-0.2, -0.15) is 0 Å². The first-order valence-corrected chi connectivity index (χ1v) is 6.60. The molecule has 5 heteroatoms. The molecule has 2 fully saturated rings. The third kappa shape index (κ3) is 4.01. The second kappa shape index (κ2) is 5.67. The molecule has 0 aromatic heterocycles. The van der Waals surface area contributed by atoms with Gasteiger partial charge in [0.15, 0.2) is 0 Å². The van der Waals surface area contributed by atoms with Gasteiger partial charge in [0.25, 0.3) is 0 Å². The van der Waals surface area contributed by atoms with Crippen LogP contribution >= 0.6 is 0 Å². The average molecular weight is 266 g/mol. The van der Waals surface area contributed by atoms with E-state index >= 15 is 0 Å². The average Bonchev–Trinajstić information content (AvgIpc) is 3.28. The molecule has 0 spiro atoms. The highest BCUT2D eigenvalue weighted by molar-refractivity contribution is 5.42. The van der Waals surface area contributed by atoms with Gasteiger partial charge in [-0.15, -0.1) is 0 Å². The molecule has 0 radical (unpaired) electrons. The summed E-state index contributed by atoms with van der Waals surface area (Å²) in [6, 6.07) is 5.60. The summed E-state index contributed by atoms with van der Waals surface area (Å²) in [5.74, 6) is 2.24. The molecule has 2 unspecified atom stereocenters. The largest absolute Gasteiger partial charge is 0.494 e. The molecule has 2 atom stereocenters. The lowest BCUT2D eigenvalue weighted by Gasteiger charge is -2.11. The lowest BCUT2D eigenvalue weighted by Crippen LogP contribution is -2.06. The molecule has 0 bridgehead atoms. The molecule has 0 aliphatic carbocycles. The molecule has 0 N–H and O–H groups in total. The van der Waals surface area contributed by atoms with Gasteiger partial charge in [0.2, 0.25) is 0 Å². The van der Waals surface area contributed by atoms with E-state index in [0.717, 1.165) is 30.5 Å². The molecule has 1 aromatic carbocycles. The standard InChI is InChI=1S/C14H18O5/c1-2-15-10-3-11(16-6-13-8-18-13)5-12(4-10)17-7-14-9-19-14/h3-5,13-14H,2,6-9H2,1H3. The summed E-state index contributed by atoms with van der Waals surface area (Å²) in [5, 5.41) is 0. The van der Waals surface area contributed by atoms with Crippen LogP contribution in [0, 0.1) is 0 Å². The number of epoxide rings is 2. The predicted molar refractivity (Wildman–Crippen MR) is 68.1 cm³/mol. The zero-order chi connectivity index (χ0) is 13.1. The number of hydrogen-bond acceptors (Lipinski definition) is 5. The van der Waals surface area contributed by atoms with Crippen LogP contribution in [0.1, 0.15) is 6.92 Å². The Labute approximate surface area is 112 Å². The number of ether oxygens (including phenoxy) is 5. The Hall–Kier alpha value is -1.46. The number of rotatable bonds is 8. The molecule has 3 rings (SSSR count). The SMILES string of the molecule is CCOc1cc(OCC2CO2)cc(OCC2CO2)c1. The highest BCUT2D eigenvalue weighted by Crippen LogP contribution is 2.29. The molecule has 2 saturated heterocycles. The summed E-state index contributed by atoms with van der Waals surface area (Å²) in [5.41, 5.74) is 0. The van der Waals surface area contributed by atoms with Crippen molar-refractivity contribution in [1.82, 2.24) is 0 Å². The summed E-state index contributed by atoms with van der Waals surface area (Å²) < 4.78 is 27.1. The Morgan fingerprint density at radius 1 is 0.895 bits per heavy atom. The van der Waals surface area contributed by atoms with E-state index < -0.39 is 0 Å². The third-order valence-electron chi connectivity index (χ3n) is 2.84. The molecule has 2 heterocycles. The van der Waals surface area contributed by atoms with Gasteiger partial charge in [-0.25, -0.2) is 0 Å². The van der Waals surface area contributed by atoms with Gasteiger partial charge in [-0.05, 0) is 6.92 Å². The molecule has 1 aromatic rings. The first kappa shape index (κ1) is 12.6. The topological polar surface area (TPSA) is 52.8 Å². The minimum absolute atomic E-state index is 0.236. The van der Waals surface area contributed by atoms with Gasteiger partial charge < -0.3 is 23.7 Å². The molecule has 5 nitrogen and oxygen atoms in total. The van der Waals surface area contributed by atoms with E-state index in [1.807, 2.05) is 25.1 Å². The Morgan fingerprint density at radius 2 is 1.32 bits per heavy atom. The van der Waals surface area contributed by atoms with Crippen LogP contribution < -0.4 is 14.2 Å². The lowest BCUT2D eigenvalue weighted by molar-refractivity contribution is 0.249. The third-order valence-corrected chi connectivity index (χ3v) is 2.84. The summed E-state index contributed by atoms with van der Waals surface area (Å²) in [4.78, 5) is 0. The van der Waals surface area contributed by atoms with Gasteiger partial charge in [0.05, 0.1) is 19.8 Å². The van der Waals surface area contributed by atoms with Crippen LogP contribution in [0.5, 0.6) is 17.2 Å². The van der Waals surface area contributed by atoms with Crippen molar-refractivity contribution in [3.8, 4) is 17.2 Å². The van der Waals surface area contributed by atoms with E-state index in [2.05, 4.69) is 0 Å². The minimum atomic E-state index is 0.236. The van der Waals surface area contributed by atoms with E-state index in [1.165, 1.54) is 0 Å². The maximum atomic E-state index is 5.66. The van der Waals surface area contributed by atoms with Crippen molar-refractivity contribution in [2.75, 3.05) is 33.0 Å². The van der Waals surface area contributed by atoms with Gasteiger partial charge in [0, 0.05) is 18.2 Å². The predicted octanol–water partition coefficient (Wildman–Crippen LogP) is 1.64. The fraction of sp³-hybridized carbons (Fsp3) is 0.571. The van der Waals surface area contributed by atoms with Crippen molar-refractivity contribution in [2.45, 2.75) is 19.1 Å². The van der Waals surface area contributed by atoms with E-state index in [0.29, 0.717) is 19.8 Å². The van der Waals surface area contributed by atoms with Crippen molar-refractivity contribution in [2.24, 2.45) is 0 Å². The van der Waals surface area contributed by atoms with Crippen molar-refractivity contribution in [3.05, 3.63) is 18.2 Å². The highest BCUT2D eigenvalue weighted by Gasteiger charge is 2.24. The van der Waals surface area contributed by atoms with Gasteiger partial charge in [-0.3, -0.25) is 0 Å². The molecule has 2 aliphatic rings. The molecular formula is C14H18O5. The van der Waals surface area contributed by atoms with Crippen LogP contribution in [0.2, 0.25) is 0 Å². The van der Waals surface area contributed by atoms with Crippen molar-refractivity contribution >= 4 is 0 Å². The van der Waals surface area contributed by atoms with E-state index in [-0.39, 0.29) is 12.2 Å². The fourth-order valence-corrected chi connectivity index (χ4v) is 1.67. The van der Waals surface area contributed by atoms with Crippen LogP contribution in [0.15, 0.2) is 18.2 Å². The first-order valence-electron chi connectivity index (χ1n) is 6.60. The van der Waals surface area contributed by atoms with Gasteiger partial charge >= 0.3 is 0 Å². The number of hydrogen-bond donors (Lipinski definition) is 0. The molecule has 0 saturated carbocycles. The Balaban J connectivity index is 1.64. The number of benzene rings is 1. The summed E-state index contributed by atoms with van der Waals surface area (Å²) in [7, 11) is 0. The molecule has 2 aliphatic heterocycles. The normalized spacial score (nSPS) is 23.8. The van der Waals surface area contributed by atoms with Gasteiger partial charge in [0.1, 0.15) is 42.7 Å². The Bertz CT molecular complexity index is 392. The first-order chi connectivity index (χ1) is 9.33. The molecule has 104 valence electrons. The molecule has 19 heavy (non-hydrogen) atoms. The van der Waals surface area contributed by atoms with E-state index in [4.69, 9.17) is 23.7 Å². The second-order valence-electron chi connectivity index (χ2n) is 4.61. The summed E-state index contributed by atoms with van der Waals surface area (Å²) in [6.45, 7) is 5.27. The van der Waals surface area contributed by atoms with Crippen LogP contribution in [0.4, 0.5) is 0 Å². The maximum absolute atomic E-state index is 5.66. The van der Waals surface area contributed by atoms with Crippen LogP contribution in [0.25, 0.3) is 0 Å².